The number of nitrogens with one attached hydrogen (secondary N) is 1. The van der Waals surface area contributed by atoms with E-state index in [1.807, 2.05) is 16.7 Å². The highest BCUT2D eigenvalue weighted by Gasteiger charge is 2.57. The molecule has 4 aromatic rings. The third-order valence-electron chi connectivity index (χ3n) is 12.6. The molecular formula is C40H46F2N8O2. The molecular weight excluding hydrogens is 662 g/mol. The van der Waals surface area contributed by atoms with E-state index in [-0.39, 0.29) is 36.5 Å². The molecule has 52 heavy (non-hydrogen) atoms. The van der Waals surface area contributed by atoms with E-state index in [1.165, 1.54) is 31.7 Å². The van der Waals surface area contributed by atoms with Crippen molar-refractivity contribution in [3.05, 3.63) is 60.4 Å². The summed E-state index contributed by atoms with van der Waals surface area (Å²) in [5, 5.41) is 3.21. The first kappa shape index (κ1) is 33.4. The molecule has 2 aliphatic carbocycles. The number of carbonyl (C=O) groups excluding carboxylic acids is 2. The zero-order valence-electron chi connectivity index (χ0n) is 30.0. The average Bonchev–Trinajstić information content (AvgIpc) is 3.66. The lowest BCUT2D eigenvalue weighted by molar-refractivity contribution is -0.152. The highest BCUT2D eigenvalue weighted by atomic mass is 19.1. The Kier molecular flexibility index (Phi) is 8.09. The minimum Gasteiger partial charge on any atom is -0.340 e. The van der Waals surface area contributed by atoms with E-state index in [0.717, 1.165) is 60.2 Å². The van der Waals surface area contributed by atoms with Crippen LogP contribution < -0.4 is 10.2 Å². The molecule has 3 aliphatic heterocycles. The minimum atomic E-state index is -1.74. The van der Waals surface area contributed by atoms with Gasteiger partial charge >= 0.3 is 0 Å². The average molecular weight is 709 g/mol. The van der Waals surface area contributed by atoms with Crippen LogP contribution in [0.25, 0.3) is 22.3 Å². The number of pyridine rings is 2. The number of halogens is 2. The molecule has 2 amide bonds. The molecule has 2 saturated heterocycles. The number of alkyl halides is 1. The first-order chi connectivity index (χ1) is 25.1. The Balaban J connectivity index is 1.09. The number of nitrogens with zero attached hydrogens (tertiary/aromatic N) is 7. The molecule has 10 nitrogen and oxygen atoms in total. The Bertz CT molecular complexity index is 2040. The standard InChI is InChI=1S/C40H46F2N8O2/c1-25(2)49-24-44-33-22-32(46-36(35(33)49)45-31-9-14-43-23-30(31)41)26-7-8-29-34(19-26)50(28-20-27(21-28)47-15-4-3-5-16-47)37(51)39(29)12-17-48(18-13-39)38(52)40(42)10-6-11-40/h7-9,14,19,22-25,27-28H,3-6,10-13,15-18,20-21H2,1-2H3,(H,43,45,46). The summed E-state index contributed by atoms with van der Waals surface area (Å²) in [5.74, 6) is -0.318. The van der Waals surface area contributed by atoms with Crippen LogP contribution in [0.15, 0.2) is 49.1 Å². The number of likely N-dealkylation sites (tertiary alicyclic amines) is 2. The van der Waals surface area contributed by atoms with Crippen LogP contribution in [0.3, 0.4) is 0 Å². The SMILES string of the molecule is CC(C)n1cnc2cc(-c3ccc4c(c3)N(C3CC(N5CCCCC5)C3)C(=O)C43CCN(C(=O)C4(F)CCC4)CC3)nc(Nc3ccncc3F)c21. The van der Waals surface area contributed by atoms with Crippen molar-refractivity contribution in [1.82, 2.24) is 29.3 Å². The monoisotopic (exact) mass is 708 g/mol. The summed E-state index contributed by atoms with van der Waals surface area (Å²) in [6.07, 6.45) is 12.4. The zero-order chi connectivity index (χ0) is 35.8. The Morgan fingerprint density at radius 3 is 2.42 bits per heavy atom. The molecule has 12 heteroatoms. The lowest BCUT2D eigenvalue weighted by atomic mass is 9.72. The molecule has 3 aromatic heterocycles. The topological polar surface area (TPSA) is 99.5 Å². The van der Waals surface area contributed by atoms with E-state index in [9.17, 15) is 14.0 Å². The summed E-state index contributed by atoms with van der Waals surface area (Å²) in [6.45, 7) is 7.10. The van der Waals surface area contributed by atoms with Crippen LogP contribution in [0.2, 0.25) is 0 Å². The van der Waals surface area contributed by atoms with Gasteiger partial charge in [-0.25, -0.2) is 18.7 Å². The fourth-order valence-electron chi connectivity index (χ4n) is 9.31. The number of aromatic nitrogens is 4. The van der Waals surface area contributed by atoms with Crippen LogP contribution >= 0.6 is 0 Å². The number of anilines is 3. The highest BCUT2D eigenvalue weighted by molar-refractivity contribution is 6.09. The van der Waals surface area contributed by atoms with Gasteiger partial charge in [-0.3, -0.25) is 14.6 Å². The van der Waals surface area contributed by atoms with Crippen molar-refractivity contribution in [3.8, 4) is 11.3 Å². The minimum absolute atomic E-state index is 0.0839. The normalized spacial score (nSPS) is 23.9. The van der Waals surface area contributed by atoms with Crippen LogP contribution in [0.1, 0.15) is 89.7 Å². The number of carbonyl (C=O) groups is 2. The molecule has 0 unspecified atom stereocenters. The fraction of sp³-hybridized carbons (Fsp3) is 0.525. The predicted octanol–water partition coefficient (Wildman–Crippen LogP) is 7.07. The number of hydrogen-bond donors (Lipinski definition) is 1. The number of amides is 2. The molecule has 9 rings (SSSR count). The van der Waals surface area contributed by atoms with Crippen LogP contribution in [0.5, 0.6) is 0 Å². The molecule has 1 N–H and O–H groups in total. The molecule has 0 bridgehead atoms. The summed E-state index contributed by atoms with van der Waals surface area (Å²) in [6, 6.07) is 10.4. The Labute approximate surface area is 302 Å². The van der Waals surface area contributed by atoms with Crippen LogP contribution in [-0.2, 0) is 15.0 Å². The number of hydrogen-bond acceptors (Lipinski definition) is 7. The Morgan fingerprint density at radius 2 is 1.73 bits per heavy atom. The van der Waals surface area contributed by atoms with Gasteiger partial charge in [-0.1, -0.05) is 18.6 Å². The van der Waals surface area contributed by atoms with Gasteiger partial charge in [-0.05, 0) is 108 Å². The molecule has 1 spiro atoms. The molecule has 0 radical (unpaired) electrons. The van der Waals surface area contributed by atoms with Crippen LogP contribution in [-0.4, -0.2) is 85.1 Å². The van der Waals surface area contributed by atoms with Crippen molar-refractivity contribution >= 4 is 40.0 Å². The van der Waals surface area contributed by atoms with Gasteiger partial charge in [0, 0.05) is 48.7 Å². The van der Waals surface area contributed by atoms with Crippen molar-refractivity contribution in [1.29, 1.82) is 0 Å². The summed E-state index contributed by atoms with van der Waals surface area (Å²) in [5.41, 5.74) is 2.61. The van der Waals surface area contributed by atoms with Gasteiger partial charge in [-0.15, -0.1) is 0 Å². The van der Waals surface area contributed by atoms with Gasteiger partial charge in [0.25, 0.3) is 5.91 Å². The molecule has 2 saturated carbocycles. The van der Waals surface area contributed by atoms with Crippen molar-refractivity contribution in [2.75, 3.05) is 36.4 Å². The van der Waals surface area contributed by atoms with Crippen LogP contribution in [0.4, 0.5) is 26.0 Å². The highest BCUT2D eigenvalue weighted by Crippen LogP contribution is 2.52. The van der Waals surface area contributed by atoms with E-state index in [1.54, 1.807) is 17.3 Å². The quantitative estimate of drug-likeness (QED) is 0.219. The Morgan fingerprint density at radius 1 is 0.962 bits per heavy atom. The van der Waals surface area contributed by atoms with Crippen molar-refractivity contribution in [2.24, 2.45) is 0 Å². The zero-order valence-corrected chi connectivity index (χ0v) is 30.0. The summed E-state index contributed by atoms with van der Waals surface area (Å²) < 4.78 is 32.0. The number of benzene rings is 1. The van der Waals surface area contributed by atoms with E-state index in [0.29, 0.717) is 43.5 Å². The van der Waals surface area contributed by atoms with Gasteiger partial charge in [-0.2, -0.15) is 0 Å². The summed E-state index contributed by atoms with van der Waals surface area (Å²) >= 11 is 0. The van der Waals surface area contributed by atoms with E-state index in [4.69, 9.17) is 9.97 Å². The molecule has 272 valence electrons. The predicted molar refractivity (Wildman–Crippen MR) is 196 cm³/mol. The van der Waals surface area contributed by atoms with Gasteiger partial charge in [0.2, 0.25) is 5.91 Å². The maximum absolute atomic E-state index is 15.2. The second-order valence-corrected chi connectivity index (χ2v) is 15.9. The van der Waals surface area contributed by atoms with Crippen molar-refractivity contribution in [2.45, 2.75) is 107 Å². The maximum Gasteiger partial charge on any atom is 0.260 e. The molecule has 5 aliphatic rings. The largest absolute Gasteiger partial charge is 0.340 e. The molecule has 4 fully saturated rings. The first-order valence-corrected chi connectivity index (χ1v) is 19.1. The number of piperidine rings is 2. The maximum atomic E-state index is 15.2. The lowest BCUT2D eigenvalue weighted by Gasteiger charge is -2.48. The van der Waals surface area contributed by atoms with Crippen molar-refractivity contribution < 1.29 is 18.4 Å². The van der Waals surface area contributed by atoms with E-state index >= 15 is 4.39 Å². The van der Waals surface area contributed by atoms with Crippen LogP contribution in [0, 0.1) is 5.82 Å². The Hall–Kier alpha value is -4.45. The van der Waals surface area contributed by atoms with E-state index in [2.05, 4.69) is 46.1 Å². The second kappa shape index (κ2) is 12.6. The smallest absolute Gasteiger partial charge is 0.260 e. The molecule has 0 atom stereocenters. The third kappa shape index (κ3) is 5.30. The van der Waals surface area contributed by atoms with Gasteiger partial charge in [0.1, 0.15) is 5.52 Å². The van der Waals surface area contributed by atoms with Gasteiger partial charge < -0.3 is 24.6 Å². The van der Waals surface area contributed by atoms with Gasteiger partial charge in [0.05, 0.1) is 34.8 Å². The summed E-state index contributed by atoms with van der Waals surface area (Å²) in [7, 11) is 0. The van der Waals surface area contributed by atoms with E-state index < -0.39 is 22.8 Å². The van der Waals surface area contributed by atoms with Gasteiger partial charge in [0.15, 0.2) is 17.3 Å². The first-order valence-electron chi connectivity index (χ1n) is 19.1. The summed E-state index contributed by atoms with van der Waals surface area (Å²) in [4.78, 5) is 48.0. The lowest BCUT2D eigenvalue weighted by Crippen LogP contribution is -2.59. The third-order valence-corrected chi connectivity index (χ3v) is 12.6. The molecule has 6 heterocycles. The number of imidazole rings is 1. The number of fused-ring (bicyclic) bond motifs is 3. The second-order valence-electron chi connectivity index (χ2n) is 15.9. The molecule has 1 aromatic carbocycles. The number of rotatable bonds is 7. The van der Waals surface area contributed by atoms with Crippen molar-refractivity contribution in [3.63, 3.8) is 0 Å². The fourth-order valence-corrected chi connectivity index (χ4v) is 9.31.